The van der Waals surface area contributed by atoms with Crippen LogP contribution in [0.25, 0.3) is 0 Å². The Morgan fingerprint density at radius 1 is 0.885 bits per heavy atom. The molecule has 0 unspecified atom stereocenters. The summed E-state index contributed by atoms with van der Waals surface area (Å²) in [6.45, 7) is 5.17. The molecule has 0 aromatic heterocycles. The molecule has 1 aliphatic carbocycles. The summed E-state index contributed by atoms with van der Waals surface area (Å²) in [4.78, 5) is 20.7. The highest BCUT2D eigenvalue weighted by Crippen LogP contribution is 2.23. The fourth-order valence-corrected chi connectivity index (χ4v) is 5.03. The van der Waals surface area contributed by atoms with E-state index in [1.54, 1.807) is 4.31 Å². The Kier molecular flexibility index (Phi) is 10.1. The number of piperazine rings is 1. The van der Waals surface area contributed by atoms with E-state index in [4.69, 9.17) is 19.8 Å². The van der Waals surface area contributed by atoms with Crippen molar-refractivity contribution in [3.63, 3.8) is 0 Å². The summed E-state index contributed by atoms with van der Waals surface area (Å²) in [5.41, 5.74) is 0. The molecule has 9 heteroatoms. The molecular weight excluding hydrogens is 360 g/mol. The summed E-state index contributed by atoms with van der Waals surface area (Å²) >= 11 is 0. The van der Waals surface area contributed by atoms with Crippen LogP contribution in [0.15, 0.2) is 0 Å². The van der Waals surface area contributed by atoms with E-state index < -0.39 is 22.0 Å². The monoisotopic (exact) mass is 392 g/mol. The summed E-state index contributed by atoms with van der Waals surface area (Å²) in [5, 5.41) is 14.8. The second kappa shape index (κ2) is 11.5. The number of hydrogen-bond acceptors (Lipinski definition) is 5. The standard InChI is InChI=1S/C15H30N2O2S.C2H2O4/c1-2-14-20(18,19)17-12-10-16(11-13-17)15-8-6-4-3-5-7-9-15;3-1(4)2(5)6/h15H,2-14H2,1H3;(H,3,4)(H,5,6). The van der Waals surface area contributed by atoms with Crippen LogP contribution in [0.3, 0.4) is 0 Å². The fourth-order valence-electron chi connectivity index (χ4n) is 3.53. The minimum Gasteiger partial charge on any atom is -0.473 e. The molecule has 0 amide bonds. The Balaban J connectivity index is 0.000000487. The van der Waals surface area contributed by atoms with E-state index >= 15 is 0 Å². The summed E-state index contributed by atoms with van der Waals surface area (Å²) in [6, 6.07) is 0.700. The van der Waals surface area contributed by atoms with Gasteiger partial charge in [-0.2, -0.15) is 4.31 Å². The lowest BCUT2D eigenvalue weighted by atomic mass is 9.95. The number of aliphatic carboxylic acids is 2. The van der Waals surface area contributed by atoms with Crippen LogP contribution < -0.4 is 0 Å². The average molecular weight is 393 g/mol. The van der Waals surface area contributed by atoms with E-state index in [0.29, 0.717) is 31.3 Å². The van der Waals surface area contributed by atoms with Gasteiger partial charge in [0, 0.05) is 32.2 Å². The van der Waals surface area contributed by atoms with Crippen LogP contribution in [-0.4, -0.2) is 77.7 Å². The number of carboxylic acids is 2. The van der Waals surface area contributed by atoms with E-state index in [9.17, 15) is 8.42 Å². The number of carbonyl (C=O) groups is 2. The van der Waals surface area contributed by atoms with Crippen molar-refractivity contribution in [2.75, 3.05) is 31.9 Å². The maximum Gasteiger partial charge on any atom is 0.414 e. The van der Waals surface area contributed by atoms with E-state index in [-0.39, 0.29) is 0 Å². The number of nitrogens with zero attached hydrogens (tertiary/aromatic N) is 2. The highest BCUT2D eigenvalue weighted by atomic mass is 32.2. The lowest BCUT2D eigenvalue weighted by molar-refractivity contribution is -0.159. The van der Waals surface area contributed by atoms with Gasteiger partial charge in [0.25, 0.3) is 0 Å². The first kappa shape index (κ1) is 22.9. The van der Waals surface area contributed by atoms with Gasteiger partial charge in [0.2, 0.25) is 10.0 Å². The minimum atomic E-state index is -2.99. The predicted molar refractivity (Wildman–Crippen MR) is 98.6 cm³/mol. The molecular formula is C17H32N2O6S. The van der Waals surface area contributed by atoms with Gasteiger partial charge >= 0.3 is 11.9 Å². The van der Waals surface area contributed by atoms with Crippen LogP contribution >= 0.6 is 0 Å². The maximum absolute atomic E-state index is 12.1. The van der Waals surface area contributed by atoms with Gasteiger partial charge in [-0.15, -0.1) is 0 Å². The van der Waals surface area contributed by atoms with Gasteiger partial charge in [-0.1, -0.05) is 39.0 Å². The molecule has 8 nitrogen and oxygen atoms in total. The molecule has 1 saturated heterocycles. The first-order chi connectivity index (χ1) is 12.3. The second-order valence-corrected chi connectivity index (χ2v) is 8.95. The van der Waals surface area contributed by atoms with Crippen molar-refractivity contribution < 1.29 is 28.2 Å². The van der Waals surface area contributed by atoms with Crippen molar-refractivity contribution in [2.45, 2.75) is 64.3 Å². The van der Waals surface area contributed by atoms with Gasteiger partial charge in [-0.3, -0.25) is 4.90 Å². The summed E-state index contributed by atoms with van der Waals surface area (Å²) < 4.78 is 25.9. The molecule has 0 radical (unpaired) electrons. The molecule has 2 aliphatic rings. The van der Waals surface area contributed by atoms with Gasteiger partial charge in [0.1, 0.15) is 0 Å². The molecule has 0 atom stereocenters. The molecule has 0 bridgehead atoms. The van der Waals surface area contributed by atoms with Crippen molar-refractivity contribution in [2.24, 2.45) is 0 Å². The molecule has 0 aromatic rings. The zero-order valence-electron chi connectivity index (χ0n) is 15.6. The van der Waals surface area contributed by atoms with Gasteiger partial charge in [-0.25, -0.2) is 18.0 Å². The summed E-state index contributed by atoms with van der Waals surface area (Å²) in [5.74, 6) is -3.35. The number of rotatable bonds is 4. The largest absolute Gasteiger partial charge is 0.473 e. The van der Waals surface area contributed by atoms with E-state index in [0.717, 1.165) is 13.1 Å². The summed E-state index contributed by atoms with van der Waals surface area (Å²) in [7, 11) is -2.99. The van der Waals surface area contributed by atoms with Gasteiger partial charge in [0.05, 0.1) is 5.75 Å². The first-order valence-corrected chi connectivity index (χ1v) is 11.1. The Morgan fingerprint density at radius 3 is 1.77 bits per heavy atom. The Morgan fingerprint density at radius 2 is 1.35 bits per heavy atom. The van der Waals surface area contributed by atoms with Gasteiger partial charge in [0.15, 0.2) is 0 Å². The first-order valence-electron chi connectivity index (χ1n) is 9.46. The van der Waals surface area contributed by atoms with Crippen LogP contribution in [-0.2, 0) is 19.6 Å². The zero-order valence-corrected chi connectivity index (χ0v) is 16.4. The predicted octanol–water partition coefficient (Wildman–Crippen LogP) is 1.61. The molecule has 1 aliphatic heterocycles. The number of carboxylic acid groups (broad SMARTS) is 2. The molecule has 2 fully saturated rings. The third-order valence-corrected chi connectivity index (χ3v) is 6.98. The smallest absolute Gasteiger partial charge is 0.414 e. The maximum atomic E-state index is 12.1. The van der Waals surface area contributed by atoms with Crippen LogP contribution in [0, 0.1) is 0 Å². The highest BCUT2D eigenvalue weighted by molar-refractivity contribution is 7.89. The van der Waals surface area contributed by atoms with Crippen LogP contribution in [0.4, 0.5) is 0 Å². The lowest BCUT2D eigenvalue weighted by Gasteiger charge is -2.39. The average Bonchev–Trinajstić information content (AvgIpc) is 2.55. The van der Waals surface area contributed by atoms with E-state index in [1.807, 2.05) is 6.92 Å². The second-order valence-electron chi connectivity index (χ2n) is 6.86. The van der Waals surface area contributed by atoms with E-state index in [1.165, 1.54) is 44.9 Å². The Labute approximate surface area is 156 Å². The van der Waals surface area contributed by atoms with Gasteiger partial charge in [-0.05, 0) is 19.3 Å². The Hall–Kier alpha value is -1.19. The molecule has 1 saturated carbocycles. The molecule has 0 aromatic carbocycles. The molecule has 152 valence electrons. The lowest BCUT2D eigenvalue weighted by Crippen LogP contribution is -2.52. The summed E-state index contributed by atoms with van der Waals surface area (Å²) in [6.07, 6.45) is 10.2. The molecule has 2 N–H and O–H groups in total. The van der Waals surface area contributed by atoms with Crippen LogP contribution in [0.2, 0.25) is 0 Å². The van der Waals surface area contributed by atoms with Crippen molar-refractivity contribution in [3.05, 3.63) is 0 Å². The van der Waals surface area contributed by atoms with E-state index in [2.05, 4.69) is 4.90 Å². The number of sulfonamides is 1. The van der Waals surface area contributed by atoms with Crippen LogP contribution in [0.1, 0.15) is 58.3 Å². The highest BCUT2D eigenvalue weighted by Gasteiger charge is 2.29. The zero-order chi connectivity index (χ0) is 19.6. The third-order valence-electron chi connectivity index (χ3n) is 4.90. The fraction of sp³-hybridized carbons (Fsp3) is 0.882. The van der Waals surface area contributed by atoms with Crippen molar-refractivity contribution >= 4 is 22.0 Å². The normalized spacial score (nSPS) is 21.1. The molecule has 2 rings (SSSR count). The Bertz CT molecular complexity index is 523. The van der Waals surface area contributed by atoms with Crippen molar-refractivity contribution in [3.8, 4) is 0 Å². The molecule has 1 heterocycles. The quantitative estimate of drug-likeness (QED) is 0.698. The molecule has 0 spiro atoms. The number of hydrogen-bond donors (Lipinski definition) is 2. The van der Waals surface area contributed by atoms with Crippen molar-refractivity contribution in [1.29, 1.82) is 0 Å². The SMILES string of the molecule is CCCS(=O)(=O)N1CCN(C2CCCCCCC2)CC1.O=C(O)C(=O)O. The third kappa shape index (κ3) is 8.01. The molecule has 26 heavy (non-hydrogen) atoms. The van der Waals surface area contributed by atoms with Crippen LogP contribution in [0.5, 0.6) is 0 Å². The minimum absolute atomic E-state index is 0.302. The van der Waals surface area contributed by atoms with Gasteiger partial charge < -0.3 is 10.2 Å². The topological polar surface area (TPSA) is 115 Å². The van der Waals surface area contributed by atoms with Crippen molar-refractivity contribution in [1.82, 2.24) is 9.21 Å².